The van der Waals surface area contributed by atoms with Crippen molar-refractivity contribution in [1.82, 2.24) is 24.7 Å². The molecule has 9 nitrogen and oxygen atoms in total. The van der Waals surface area contributed by atoms with Crippen LogP contribution in [0.4, 0.5) is 5.82 Å². The SMILES string of the molecule is COc1cc(O)cc(C(=O)NCC2CCC(c3nc(-c4cc5ccccc5[nH]4)c4c(N)nccn34)CC2)c1. The van der Waals surface area contributed by atoms with Crippen molar-refractivity contribution in [1.29, 1.82) is 0 Å². The molecule has 0 aliphatic heterocycles. The lowest BCUT2D eigenvalue weighted by molar-refractivity contribution is 0.0942. The molecule has 0 spiro atoms. The van der Waals surface area contributed by atoms with Gasteiger partial charge in [0.1, 0.15) is 34.4 Å². The van der Waals surface area contributed by atoms with Crippen LogP contribution in [-0.4, -0.2) is 44.0 Å². The number of nitrogens with two attached hydrogens (primary N) is 1. The Bertz CT molecular complexity index is 1600. The number of benzene rings is 2. The minimum absolute atomic E-state index is 0.00425. The van der Waals surface area contributed by atoms with Crippen LogP contribution >= 0.6 is 0 Å². The van der Waals surface area contributed by atoms with E-state index in [1.165, 1.54) is 19.2 Å². The van der Waals surface area contributed by atoms with E-state index in [4.69, 9.17) is 15.5 Å². The largest absolute Gasteiger partial charge is 0.508 e. The average molecular weight is 511 g/mol. The number of phenols is 1. The van der Waals surface area contributed by atoms with E-state index in [9.17, 15) is 9.90 Å². The molecule has 1 aliphatic carbocycles. The molecule has 1 aliphatic rings. The molecule has 0 unspecified atom stereocenters. The number of rotatable bonds is 6. The number of aromatic nitrogens is 4. The van der Waals surface area contributed by atoms with E-state index in [0.717, 1.165) is 59.3 Å². The van der Waals surface area contributed by atoms with Gasteiger partial charge in [0.25, 0.3) is 5.91 Å². The van der Waals surface area contributed by atoms with Crippen molar-refractivity contribution in [2.75, 3.05) is 19.4 Å². The summed E-state index contributed by atoms with van der Waals surface area (Å²) in [6.07, 6.45) is 7.55. The summed E-state index contributed by atoms with van der Waals surface area (Å²) in [6, 6.07) is 14.8. The second-order valence-corrected chi connectivity index (χ2v) is 9.97. The highest BCUT2D eigenvalue weighted by molar-refractivity contribution is 5.95. The molecule has 3 heterocycles. The monoisotopic (exact) mass is 510 g/mol. The summed E-state index contributed by atoms with van der Waals surface area (Å²) in [5, 5.41) is 14.0. The summed E-state index contributed by atoms with van der Waals surface area (Å²) in [4.78, 5) is 25.6. The first kappa shape index (κ1) is 23.8. The number of carbonyl (C=O) groups is 1. The summed E-state index contributed by atoms with van der Waals surface area (Å²) in [6.45, 7) is 0.586. The average Bonchev–Trinajstić information content (AvgIpc) is 3.54. The van der Waals surface area contributed by atoms with E-state index in [1.54, 1.807) is 12.3 Å². The summed E-state index contributed by atoms with van der Waals surface area (Å²) < 4.78 is 7.24. The maximum atomic E-state index is 12.7. The van der Waals surface area contributed by atoms with E-state index in [2.05, 4.69) is 37.9 Å². The number of anilines is 1. The summed E-state index contributed by atoms with van der Waals surface area (Å²) >= 11 is 0. The van der Waals surface area contributed by atoms with E-state index in [-0.39, 0.29) is 17.6 Å². The van der Waals surface area contributed by atoms with Crippen molar-refractivity contribution in [2.45, 2.75) is 31.6 Å². The van der Waals surface area contributed by atoms with Crippen molar-refractivity contribution in [3.63, 3.8) is 0 Å². The van der Waals surface area contributed by atoms with Gasteiger partial charge in [-0.3, -0.25) is 9.20 Å². The fourth-order valence-electron chi connectivity index (χ4n) is 5.56. The Hall–Kier alpha value is -4.53. The Morgan fingerprint density at radius 3 is 2.79 bits per heavy atom. The van der Waals surface area contributed by atoms with Crippen LogP contribution in [0.15, 0.2) is 60.9 Å². The van der Waals surface area contributed by atoms with E-state index in [1.807, 2.05) is 18.3 Å². The molecule has 38 heavy (non-hydrogen) atoms. The molecule has 1 amide bonds. The van der Waals surface area contributed by atoms with Crippen molar-refractivity contribution in [3.05, 3.63) is 72.3 Å². The quantitative estimate of drug-likeness (QED) is 0.258. The lowest BCUT2D eigenvalue weighted by Crippen LogP contribution is -2.31. The Morgan fingerprint density at radius 1 is 1.18 bits per heavy atom. The predicted molar refractivity (Wildman–Crippen MR) is 146 cm³/mol. The number of H-pyrrole nitrogens is 1. The number of carbonyl (C=O) groups excluding carboxylic acids is 1. The molecular formula is C29H30N6O3. The Morgan fingerprint density at radius 2 is 2.00 bits per heavy atom. The van der Waals surface area contributed by atoms with Gasteiger partial charge in [0.05, 0.1) is 12.8 Å². The van der Waals surface area contributed by atoms with Gasteiger partial charge in [-0.25, -0.2) is 9.97 Å². The number of aromatic amines is 1. The van der Waals surface area contributed by atoms with Gasteiger partial charge in [0.15, 0.2) is 0 Å². The highest BCUT2D eigenvalue weighted by atomic mass is 16.5. The first-order valence-corrected chi connectivity index (χ1v) is 12.9. The molecule has 1 fully saturated rings. The predicted octanol–water partition coefficient (Wildman–Crippen LogP) is 4.88. The molecule has 6 rings (SSSR count). The number of fused-ring (bicyclic) bond motifs is 2. The van der Waals surface area contributed by atoms with Crippen LogP contribution in [0.1, 0.15) is 47.8 Å². The van der Waals surface area contributed by atoms with Gasteiger partial charge >= 0.3 is 0 Å². The molecule has 0 atom stereocenters. The summed E-state index contributed by atoms with van der Waals surface area (Å²) in [5.41, 5.74) is 10.4. The number of nitrogens with one attached hydrogen (secondary N) is 2. The third-order valence-electron chi connectivity index (χ3n) is 7.55. The van der Waals surface area contributed by atoms with Crippen LogP contribution in [0.25, 0.3) is 27.8 Å². The number of nitrogens with zero attached hydrogens (tertiary/aromatic N) is 3. The number of hydrogen-bond donors (Lipinski definition) is 4. The first-order valence-electron chi connectivity index (χ1n) is 12.9. The number of hydrogen-bond acceptors (Lipinski definition) is 6. The number of amides is 1. The molecule has 0 bridgehead atoms. The normalized spacial score (nSPS) is 17.6. The number of aromatic hydroxyl groups is 1. The number of phenolic OH excluding ortho intramolecular Hbond substituents is 1. The highest BCUT2D eigenvalue weighted by Gasteiger charge is 2.28. The highest BCUT2D eigenvalue weighted by Crippen LogP contribution is 2.38. The molecule has 5 aromatic rings. The molecular weight excluding hydrogens is 480 g/mol. The van der Waals surface area contributed by atoms with E-state index < -0.39 is 0 Å². The van der Waals surface area contributed by atoms with Crippen molar-refractivity contribution < 1.29 is 14.6 Å². The van der Waals surface area contributed by atoms with Gasteiger partial charge in [-0.1, -0.05) is 18.2 Å². The van der Waals surface area contributed by atoms with Gasteiger partial charge in [0, 0.05) is 47.4 Å². The first-order chi connectivity index (χ1) is 18.5. The lowest BCUT2D eigenvalue weighted by Gasteiger charge is -2.28. The topological polar surface area (TPSA) is 131 Å². The number of imidazole rings is 1. The number of nitrogen functional groups attached to an aromatic ring is 1. The smallest absolute Gasteiger partial charge is 0.251 e. The maximum absolute atomic E-state index is 12.7. The van der Waals surface area contributed by atoms with Crippen LogP contribution in [0.5, 0.6) is 11.5 Å². The number of ether oxygens (including phenoxy) is 1. The third-order valence-corrected chi connectivity index (χ3v) is 7.55. The van der Waals surface area contributed by atoms with Gasteiger partial charge in [0.2, 0.25) is 0 Å². The summed E-state index contributed by atoms with van der Waals surface area (Å²) in [7, 11) is 1.51. The second-order valence-electron chi connectivity index (χ2n) is 9.97. The van der Waals surface area contributed by atoms with Gasteiger partial charge in [-0.05, 0) is 55.9 Å². The van der Waals surface area contributed by atoms with Gasteiger partial charge in [-0.2, -0.15) is 0 Å². The van der Waals surface area contributed by atoms with Gasteiger partial charge in [-0.15, -0.1) is 0 Å². The minimum atomic E-state index is -0.216. The zero-order valence-corrected chi connectivity index (χ0v) is 21.1. The van der Waals surface area contributed by atoms with Crippen molar-refractivity contribution in [2.24, 2.45) is 5.92 Å². The Balaban J connectivity index is 1.18. The molecule has 5 N–H and O–H groups in total. The summed E-state index contributed by atoms with van der Waals surface area (Å²) in [5.74, 6) is 2.35. The molecule has 0 radical (unpaired) electrons. The Kier molecular flexibility index (Phi) is 6.11. The molecule has 2 aromatic carbocycles. The third kappa shape index (κ3) is 4.40. The Labute approximate surface area is 219 Å². The zero-order valence-electron chi connectivity index (χ0n) is 21.1. The molecule has 1 saturated carbocycles. The van der Waals surface area contributed by atoms with E-state index >= 15 is 0 Å². The minimum Gasteiger partial charge on any atom is -0.508 e. The van der Waals surface area contributed by atoms with Crippen molar-refractivity contribution in [3.8, 4) is 22.9 Å². The van der Waals surface area contributed by atoms with Crippen LogP contribution in [0.3, 0.4) is 0 Å². The number of methoxy groups -OCH3 is 1. The fourth-order valence-corrected chi connectivity index (χ4v) is 5.56. The maximum Gasteiger partial charge on any atom is 0.251 e. The van der Waals surface area contributed by atoms with E-state index in [0.29, 0.717) is 29.6 Å². The van der Waals surface area contributed by atoms with Gasteiger partial charge < -0.3 is 25.9 Å². The molecule has 3 aromatic heterocycles. The number of para-hydroxylation sites is 1. The zero-order chi connectivity index (χ0) is 26.2. The molecule has 0 saturated heterocycles. The molecule has 9 heteroatoms. The van der Waals surface area contributed by atoms with Crippen LogP contribution in [-0.2, 0) is 0 Å². The van der Waals surface area contributed by atoms with Crippen LogP contribution in [0.2, 0.25) is 0 Å². The second kappa shape index (κ2) is 9.74. The van der Waals surface area contributed by atoms with Crippen molar-refractivity contribution >= 4 is 28.1 Å². The lowest BCUT2D eigenvalue weighted by atomic mass is 9.81. The fraction of sp³-hybridized carbons (Fsp3) is 0.276. The van der Waals surface area contributed by atoms with Crippen LogP contribution < -0.4 is 15.8 Å². The standard InChI is InChI=1S/C29H30N6O3/c1-38-22-13-20(12-21(36)15-22)29(37)32-16-17-6-8-18(9-7-17)28-34-25(26-27(30)31-10-11-35(26)28)24-14-19-4-2-3-5-23(19)33-24/h2-5,10-15,17-18,33,36H,6-9,16H2,1H3,(H2,30,31)(H,32,37). The molecule has 194 valence electrons. The van der Waals surface area contributed by atoms with Crippen LogP contribution in [0, 0.1) is 5.92 Å².